The zero-order chi connectivity index (χ0) is 14.8. The van der Waals surface area contributed by atoms with Gasteiger partial charge in [-0.15, -0.1) is 0 Å². The molecule has 0 aliphatic heterocycles. The van der Waals surface area contributed by atoms with Gasteiger partial charge in [-0.25, -0.2) is 8.42 Å². The minimum absolute atomic E-state index is 0.0824. The molecule has 0 saturated heterocycles. The number of aromatic nitrogens is 2. The summed E-state index contributed by atoms with van der Waals surface area (Å²) in [7, 11) is -3.12. The van der Waals surface area contributed by atoms with Crippen LogP contribution < -0.4 is 0 Å². The number of benzene rings is 1. The number of carbonyl (C=O) groups is 1. The highest BCUT2D eigenvalue weighted by atomic mass is 35.5. The minimum atomic E-state index is -3.12. The molecule has 0 N–H and O–H groups in total. The van der Waals surface area contributed by atoms with Gasteiger partial charge in [0, 0.05) is 11.8 Å². The zero-order valence-corrected chi connectivity index (χ0v) is 12.4. The highest BCUT2D eigenvalue weighted by molar-refractivity contribution is 7.90. The summed E-state index contributed by atoms with van der Waals surface area (Å²) in [4.78, 5) is 11.2. The summed E-state index contributed by atoms with van der Waals surface area (Å²) in [5.41, 5.74) is 1.49. The Kier molecular flexibility index (Phi) is 4.25. The summed E-state index contributed by atoms with van der Waals surface area (Å²) in [5, 5.41) is 4.40. The van der Waals surface area contributed by atoms with Gasteiger partial charge < -0.3 is 0 Å². The molecule has 1 aromatic heterocycles. The van der Waals surface area contributed by atoms with Crippen LogP contribution in [0.5, 0.6) is 0 Å². The van der Waals surface area contributed by atoms with E-state index in [9.17, 15) is 13.2 Å². The lowest BCUT2D eigenvalue weighted by Gasteiger charge is -2.01. The van der Waals surface area contributed by atoms with E-state index in [1.54, 1.807) is 0 Å². The Morgan fingerprint density at radius 3 is 2.50 bits per heavy atom. The summed E-state index contributed by atoms with van der Waals surface area (Å²) in [6, 6.07) is 9.13. The van der Waals surface area contributed by atoms with Gasteiger partial charge in [-0.2, -0.15) is 5.10 Å². The number of rotatable bonds is 5. The normalized spacial score (nSPS) is 11.5. The second-order valence-corrected chi connectivity index (χ2v) is 7.01. The topological polar surface area (TPSA) is 69.0 Å². The third kappa shape index (κ3) is 3.26. The van der Waals surface area contributed by atoms with E-state index in [0.29, 0.717) is 12.0 Å². The second-order valence-electron chi connectivity index (χ2n) is 4.39. The Morgan fingerprint density at radius 2 is 1.95 bits per heavy atom. The fourth-order valence-electron chi connectivity index (χ4n) is 1.77. The van der Waals surface area contributed by atoms with Gasteiger partial charge in [0.25, 0.3) is 0 Å². The lowest BCUT2D eigenvalue weighted by Crippen LogP contribution is -2.12. The van der Waals surface area contributed by atoms with E-state index in [-0.39, 0.29) is 23.0 Å². The van der Waals surface area contributed by atoms with Gasteiger partial charge in [0.15, 0.2) is 6.29 Å². The van der Waals surface area contributed by atoms with E-state index in [2.05, 4.69) is 5.10 Å². The van der Waals surface area contributed by atoms with E-state index < -0.39 is 9.84 Å². The van der Waals surface area contributed by atoms with Crippen molar-refractivity contribution in [2.45, 2.75) is 6.54 Å². The number of hydrogen-bond acceptors (Lipinski definition) is 4. The Bertz CT molecular complexity index is 724. The molecule has 0 atom stereocenters. The maximum absolute atomic E-state index is 11.2. The standard InChI is InChI=1S/C13H13ClN2O3S/c1-20(18,19)8-7-16-13(14)11(9-17)12(15-16)10-5-3-2-4-6-10/h2-6,9H,7-8H2,1H3. The summed E-state index contributed by atoms with van der Waals surface area (Å²) >= 11 is 6.08. The smallest absolute Gasteiger partial charge is 0.155 e. The van der Waals surface area contributed by atoms with Crippen molar-refractivity contribution in [2.75, 3.05) is 12.0 Å². The third-order valence-corrected chi connectivity index (χ3v) is 4.09. The molecule has 2 rings (SSSR count). The van der Waals surface area contributed by atoms with Gasteiger partial charge in [-0.1, -0.05) is 41.9 Å². The van der Waals surface area contributed by atoms with Gasteiger partial charge in [0.05, 0.1) is 17.9 Å². The number of aryl methyl sites for hydroxylation is 1. The lowest BCUT2D eigenvalue weighted by atomic mass is 10.1. The SMILES string of the molecule is CS(=O)(=O)CCn1nc(-c2ccccc2)c(C=O)c1Cl. The average Bonchev–Trinajstić information content (AvgIpc) is 2.73. The predicted octanol–water partition coefficient (Wildman–Crippen LogP) is 2.06. The number of halogens is 1. The molecule has 0 radical (unpaired) electrons. The lowest BCUT2D eigenvalue weighted by molar-refractivity contribution is 0.112. The average molecular weight is 313 g/mol. The first kappa shape index (κ1) is 14.7. The van der Waals surface area contributed by atoms with Crippen molar-refractivity contribution in [2.24, 2.45) is 0 Å². The van der Waals surface area contributed by atoms with Crippen LogP contribution in [0.3, 0.4) is 0 Å². The molecule has 0 saturated carbocycles. The summed E-state index contributed by atoms with van der Waals surface area (Å²) in [6.07, 6.45) is 1.78. The van der Waals surface area contributed by atoms with Crippen LogP contribution >= 0.6 is 11.6 Å². The van der Waals surface area contributed by atoms with Crippen molar-refractivity contribution in [3.8, 4) is 11.3 Å². The molecule has 0 unspecified atom stereocenters. The van der Waals surface area contributed by atoms with Crippen molar-refractivity contribution in [1.82, 2.24) is 9.78 Å². The minimum Gasteiger partial charge on any atom is -0.298 e. The first-order valence-electron chi connectivity index (χ1n) is 5.87. The largest absolute Gasteiger partial charge is 0.298 e. The molecule has 0 spiro atoms. The quantitative estimate of drug-likeness (QED) is 0.792. The van der Waals surface area contributed by atoms with Gasteiger partial charge in [-0.05, 0) is 0 Å². The molecule has 1 heterocycles. The van der Waals surface area contributed by atoms with Crippen LogP contribution in [0.25, 0.3) is 11.3 Å². The molecule has 0 amide bonds. The van der Waals surface area contributed by atoms with E-state index in [0.717, 1.165) is 11.8 Å². The maximum Gasteiger partial charge on any atom is 0.155 e. The molecule has 106 valence electrons. The molecule has 20 heavy (non-hydrogen) atoms. The number of nitrogens with zero attached hydrogens (tertiary/aromatic N) is 2. The number of sulfone groups is 1. The molecule has 2 aromatic rings. The van der Waals surface area contributed by atoms with Crippen molar-refractivity contribution < 1.29 is 13.2 Å². The van der Waals surface area contributed by atoms with Crippen LogP contribution in [-0.4, -0.2) is 36.5 Å². The zero-order valence-electron chi connectivity index (χ0n) is 10.8. The molecule has 0 fully saturated rings. The van der Waals surface area contributed by atoms with Crippen LogP contribution in [-0.2, 0) is 16.4 Å². The first-order chi connectivity index (χ1) is 9.42. The summed E-state index contributed by atoms with van der Waals surface area (Å²) in [5.74, 6) is -0.0824. The second kappa shape index (κ2) is 5.76. The number of aldehydes is 1. The highest BCUT2D eigenvalue weighted by Gasteiger charge is 2.17. The van der Waals surface area contributed by atoms with Crippen LogP contribution in [0.4, 0.5) is 0 Å². The molecular weight excluding hydrogens is 300 g/mol. The number of hydrogen-bond donors (Lipinski definition) is 0. The van der Waals surface area contributed by atoms with Gasteiger partial charge >= 0.3 is 0 Å². The van der Waals surface area contributed by atoms with Gasteiger partial charge in [0.1, 0.15) is 20.7 Å². The maximum atomic E-state index is 11.2. The monoisotopic (exact) mass is 312 g/mol. The predicted molar refractivity (Wildman–Crippen MR) is 77.8 cm³/mol. The molecule has 1 aromatic carbocycles. The van der Waals surface area contributed by atoms with E-state index in [4.69, 9.17) is 11.6 Å². The van der Waals surface area contributed by atoms with E-state index in [1.807, 2.05) is 30.3 Å². The molecule has 5 nitrogen and oxygen atoms in total. The Hall–Kier alpha value is -1.66. The van der Waals surface area contributed by atoms with E-state index in [1.165, 1.54) is 4.68 Å². The van der Waals surface area contributed by atoms with Crippen molar-refractivity contribution in [3.63, 3.8) is 0 Å². The summed E-state index contributed by atoms with van der Waals surface area (Å²) in [6.45, 7) is 0.116. The Morgan fingerprint density at radius 1 is 1.30 bits per heavy atom. The summed E-state index contributed by atoms with van der Waals surface area (Å²) < 4.78 is 23.7. The molecule has 0 aliphatic carbocycles. The van der Waals surface area contributed by atoms with Gasteiger partial charge in [-0.3, -0.25) is 9.48 Å². The van der Waals surface area contributed by atoms with Crippen LogP contribution in [0.15, 0.2) is 30.3 Å². The molecular formula is C13H13ClN2O3S. The van der Waals surface area contributed by atoms with Crippen molar-refractivity contribution >= 4 is 27.7 Å². The first-order valence-corrected chi connectivity index (χ1v) is 8.31. The number of carbonyl (C=O) groups excluding carboxylic acids is 1. The fourth-order valence-corrected chi connectivity index (χ4v) is 2.53. The van der Waals surface area contributed by atoms with Gasteiger partial charge in [0.2, 0.25) is 0 Å². The van der Waals surface area contributed by atoms with Crippen LogP contribution in [0.2, 0.25) is 5.15 Å². The Balaban J connectivity index is 2.42. The highest BCUT2D eigenvalue weighted by Crippen LogP contribution is 2.27. The fraction of sp³-hybridized carbons (Fsp3) is 0.231. The van der Waals surface area contributed by atoms with Crippen molar-refractivity contribution in [1.29, 1.82) is 0 Å². The van der Waals surface area contributed by atoms with E-state index >= 15 is 0 Å². The molecule has 7 heteroatoms. The molecule has 0 aliphatic rings. The van der Waals surface area contributed by atoms with Crippen LogP contribution in [0.1, 0.15) is 10.4 Å². The van der Waals surface area contributed by atoms with Crippen LogP contribution in [0, 0.1) is 0 Å². The van der Waals surface area contributed by atoms with Crippen molar-refractivity contribution in [3.05, 3.63) is 41.0 Å². The molecule has 0 bridgehead atoms. The Labute approximate surface area is 122 Å². The third-order valence-electron chi connectivity index (χ3n) is 2.76.